The Morgan fingerprint density at radius 3 is 2.25 bits per heavy atom. The lowest BCUT2D eigenvalue weighted by molar-refractivity contribution is -0.217. The molecule has 1 aliphatic heterocycles. The van der Waals surface area contributed by atoms with E-state index >= 15 is 0 Å². The quantitative estimate of drug-likeness (QED) is 0.840. The Labute approximate surface area is 119 Å². The van der Waals surface area contributed by atoms with E-state index in [-0.39, 0.29) is 13.2 Å². The predicted molar refractivity (Wildman–Crippen MR) is 72.3 cm³/mol. The molecule has 1 saturated carbocycles. The summed E-state index contributed by atoms with van der Waals surface area (Å²) >= 11 is 0. The maximum absolute atomic E-state index is 12.9. The van der Waals surface area contributed by atoms with Gasteiger partial charge in [0.25, 0.3) is 0 Å². The topological polar surface area (TPSA) is 23.5 Å². The molecule has 2 rings (SSSR count). The van der Waals surface area contributed by atoms with Gasteiger partial charge in [-0.1, -0.05) is 0 Å². The minimum Gasteiger partial charge on any atom is -0.396 e. The van der Waals surface area contributed by atoms with Crippen molar-refractivity contribution in [1.29, 1.82) is 0 Å². The maximum Gasteiger partial charge on any atom is 0.395 e. The molecule has 0 aromatic carbocycles. The molecule has 1 aliphatic carbocycles. The van der Waals surface area contributed by atoms with Crippen LogP contribution in [-0.2, 0) is 0 Å². The Morgan fingerprint density at radius 2 is 1.75 bits per heavy atom. The fourth-order valence-corrected chi connectivity index (χ4v) is 3.53. The number of aliphatic hydroxyl groups excluding tert-OH is 1. The normalized spacial score (nSPS) is 29.7. The van der Waals surface area contributed by atoms with Crippen molar-refractivity contribution in [2.75, 3.05) is 26.2 Å². The van der Waals surface area contributed by atoms with Gasteiger partial charge < -0.3 is 10.0 Å². The van der Waals surface area contributed by atoms with E-state index in [0.717, 1.165) is 38.3 Å². The molecular weight excluding hydrogens is 267 g/mol. The fourth-order valence-electron chi connectivity index (χ4n) is 3.53. The summed E-state index contributed by atoms with van der Waals surface area (Å²) < 4.78 is 38.7. The molecule has 0 radical (unpaired) electrons. The van der Waals surface area contributed by atoms with Crippen LogP contribution in [0.4, 0.5) is 13.2 Å². The molecule has 0 aromatic heterocycles. The van der Waals surface area contributed by atoms with Crippen LogP contribution in [0.3, 0.4) is 0 Å². The van der Waals surface area contributed by atoms with E-state index in [2.05, 4.69) is 0 Å². The summed E-state index contributed by atoms with van der Waals surface area (Å²) in [5.41, 5.74) is -1.63. The van der Waals surface area contributed by atoms with Crippen LogP contribution < -0.4 is 0 Å². The standard InChI is InChI=1S/C15H26F3NO/c1-14(2,15(16,17)18)10-19-6-3-11(4-7-19)13-9-12(13)5-8-20/h11-13,20H,3-10H2,1-2H3/t12-,13-/m1/s1. The van der Waals surface area contributed by atoms with Gasteiger partial charge in [0.2, 0.25) is 0 Å². The van der Waals surface area contributed by atoms with Crippen LogP contribution in [0.1, 0.15) is 39.5 Å². The second-order valence-electron chi connectivity index (χ2n) is 7.17. The summed E-state index contributed by atoms with van der Waals surface area (Å²) in [5, 5.41) is 8.92. The van der Waals surface area contributed by atoms with Gasteiger partial charge in [0, 0.05) is 13.2 Å². The zero-order valence-electron chi connectivity index (χ0n) is 12.4. The van der Waals surface area contributed by atoms with Gasteiger partial charge in [0.15, 0.2) is 0 Å². The first-order valence-corrected chi connectivity index (χ1v) is 7.64. The zero-order chi connectivity index (χ0) is 15.0. The molecule has 118 valence electrons. The van der Waals surface area contributed by atoms with E-state index in [9.17, 15) is 13.2 Å². The average Bonchev–Trinajstić information content (AvgIpc) is 3.08. The van der Waals surface area contributed by atoms with E-state index in [4.69, 9.17) is 5.11 Å². The van der Waals surface area contributed by atoms with Crippen molar-refractivity contribution in [2.24, 2.45) is 23.2 Å². The molecule has 0 bridgehead atoms. The van der Waals surface area contributed by atoms with Gasteiger partial charge >= 0.3 is 6.18 Å². The first-order chi connectivity index (χ1) is 9.24. The van der Waals surface area contributed by atoms with Crippen molar-refractivity contribution < 1.29 is 18.3 Å². The lowest BCUT2D eigenvalue weighted by atomic mass is 9.87. The summed E-state index contributed by atoms with van der Waals surface area (Å²) in [6, 6.07) is 0. The monoisotopic (exact) mass is 293 g/mol. The van der Waals surface area contributed by atoms with Crippen LogP contribution in [0.5, 0.6) is 0 Å². The van der Waals surface area contributed by atoms with Crippen molar-refractivity contribution in [1.82, 2.24) is 4.90 Å². The van der Waals surface area contributed by atoms with E-state index in [0.29, 0.717) is 11.8 Å². The van der Waals surface area contributed by atoms with Crippen molar-refractivity contribution in [2.45, 2.75) is 45.7 Å². The van der Waals surface area contributed by atoms with E-state index < -0.39 is 11.6 Å². The van der Waals surface area contributed by atoms with Crippen molar-refractivity contribution in [3.8, 4) is 0 Å². The smallest absolute Gasteiger partial charge is 0.395 e. The van der Waals surface area contributed by atoms with Crippen LogP contribution in [0.25, 0.3) is 0 Å². The summed E-state index contributed by atoms with van der Waals surface area (Å²) in [4.78, 5) is 1.97. The van der Waals surface area contributed by atoms with Crippen LogP contribution in [0.2, 0.25) is 0 Å². The predicted octanol–water partition coefficient (Wildman–Crippen LogP) is 3.31. The second kappa shape index (κ2) is 5.84. The third-order valence-corrected chi connectivity index (χ3v) is 5.10. The number of piperidine rings is 1. The minimum absolute atomic E-state index is 0.105. The first-order valence-electron chi connectivity index (χ1n) is 7.64. The number of alkyl halides is 3. The Balaban J connectivity index is 1.75. The molecule has 1 heterocycles. The molecule has 0 unspecified atom stereocenters. The van der Waals surface area contributed by atoms with E-state index in [1.54, 1.807) is 0 Å². The Morgan fingerprint density at radius 1 is 1.15 bits per heavy atom. The molecule has 20 heavy (non-hydrogen) atoms. The van der Waals surface area contributed by atoms with Gasteiger partial charge in [-0.2, -0.15) is 13.2 Å². The number of rotatable bonds is 5. The number of hydrogen-bond donors (Lipinski definition) is 1. The van der Waals surface area contributed by atoms with Crippen molar-refractivity contribution in [3.05, 3.63) is 0 Å². The highest BCUT2D eigenvalue weighted by Gasteiger charge is 2.49. The summed E-state index contributed by atoms with van der Waals surface area (Å²) in [5.74, 6) is 2.06. The van der Waals surface area contributed by atoms with Gasteiger partial charge in [-0.3, -0.25) is 0 Å². The number of halogens is 3. The number of hydrogen-bond acceptors (Lipinski definition) is 2. The summed E-state index contributed by atoms with van der Waals surface area (Å²) in [6.45, 7) is 4.52. The fraction of sp³-hybridized carbons (Fsp3) is 1.00. The zero-order valence-corrected chi connectivity index (χ0v) is 12.4. The lowest BCUT2D eigenvalue weighted by Crippen LogP contribution is -2.46. The number of nitrogens with zero attached hydrogens (tertiary/aromatic N) is 1. The molecule has 0 aromatic rings. The average molecular weight is 293 g/mol. The van der Waals surface area contributed by atoms with Gasteiger partial charge in [-0.05, 0) is 70.4 Å². The van der Waals surface area contributed by atoms with Gasteiger partial charge in [-0.15, -0.1) is 0 Å². The highest BCUT2D eigenvalue weighted by atomic mass is 19.4. The van der Waals surface area contributed by atoms with Crippen LogP contribution >= 0.6 is 0 Å². The third-order valence-electron chi connectivity index (χ3n) is 5.10. The number of aliphatic hydroxyl groups is 1. The molecule has 1 N–H and O–H groups in total. The summed E-state index contributed by atoms with van der Waals surface area (Å²) in [7, 11) is 0. The third kappa shape index (κ3) is 3.67. The highest BCUT2D eigenvalue weighted by Crippen LogP contribution is 2.50. The molecule has 2 fully saturated rings. The lowest BCUT2D eigenvalue weighted by Gasteiger charge is -2.38. The molecule has 2 nitrogen and oxygen atoms in total. The van der Waals surface area contributed by atoms with Crippen LogP contribution in [0.15, 0.2) is 0 Å². The van der Waals surface area contributed by atoms with Crippen LogP contribution in [-0.4, -0.2) is 42.4 Å². The molecule has 0 spiro atoms. The molecule has 2 atom stereocenters. The molecular formula is C15H26F3NO. The molecule has 0 amide bonds. The van der Waals surface area contributed by atoms with E-state index in [1.165, 1.54) is 20.3 Å². The van der Waals surface area contributed by atoms with Gasteiger partial charge in [0.05, 0.1) is 5.41 Å². The van der Waals surface area contributed by atoms with Crippen molar-refractivity contribution >= 4 is 0 Å². The number of likely N-dealkylation sites (tertiary alicyclic amines) is 1. The SMILES string of the molecule is CC(C)(CN1CCC([C@H]2C[C@H]2CCO)CC1)C(F)(F)F. The first kappa shape index (κ1) is 16.1. The molecule has 5 heteroatoms. The highest BCUT2D eigenvalue weighted by molar-refractivity contribution is 4.93. The largest absolute Gasteiger partial charge is 0.396 e. The van der Waals surface area contributed by atoms with Crippen LogP contribution in [0, 0.1) is 23.2 Å². The molecule has 1 saturated heterocycles. The van der Waals surface area contributed by atoms with Gasteiger partial charge in [0.1, 0.15) is 0 Å². The second-order valence-corrected chi connectivity index (χ2v) is 7.17. The Kier molecular flexibility index (Phi) is 4.69. The molecule has 2 aliphatic rings. The van der Waals surface area contributed by atoms with Crippen molar-refractivity contribution in [3.63, 3.8) is 0 Å². The maximum atomic E-state index is 12.9. The Bertz CT molecular complexity index is 322. The van der Waals surface area contributed by atoms with Gasteiger partial charge in [-0.25, -0.2) is 0 Å². The summed E-state index contributed by atoms with van der Waals surface area (Å²) in [6.07, 6.45) is -0.00111. The Hall–Kier alpha value is -0.290. The van der Waals surface area contributed by atoms with E-state index in [1.807, 2.05) is 4.90 Å². The minimum atomic E-state index is -4.13.